The number of aryl methyl sites for hydroxylation is 1. The van der Waals surface area contributed by atoms with Crippen molar-refractivity contribution in [2.24, 2.45) is 5.84 Å². The topological polar surface area (TPSA) is 116 Å². The molecule has 2 rings (SSSR count). The molecule has 0 saturated carbocycles. The fourth-order valence-electron chi connectivity index (χ4n) is 1.51. The van der Waals surface area contributed by atoms with Crippen molar-refractivity contribution in [2.45, 2.75) is 6.92 Å². The van der Waals surface area contributed by atoms with Crippen LogP contribution in [0.1, 0.15) is 5.69 Å². The molecule has 0 fully saturated rings. The summed E-state index contributed by atoms with van der Waals surface area (Å²) in [5.41, 5.74) is 2.50. The lowest BCUT2D eigenvalue weighted by Gasteiger charge is -2.08. The van der Waals surface area contributed by atoms with Crippen LogP contribution < -0.4 is 16.0 Å². The number of hydrogen-bond donors (Lipinski definition) is 2. The predicted octanol–water partition coefficient (Wildman–Crippen LogP) is 3.08. The molecule has 2 aromatic rings. The Hall–Kier alpha value is -2.16. The average Bonchev–Trinajstić information content (AvgIpc) is 2.41. The first kappa shape index (κ1) is 15.2. The Bertz CT molecular complexity index is 710. The summed E-state index contributed by atoms with van der Waals surface area (Å²) >= 11 is 11.6. The second-order valence-electron chi connectivity index (χ2n) is 3.91. The van der Waals surface area contributed by atoms with Gasteiger partial charge in [-0.25, -0.2) is 10.8 Å². The number of nitrogen functional groups attached to an aromatic ring is 1. The predicted molar refractivity (Wildman–Crippen MR) is 77.8 cm³/mol. The summed E-state index contributed by atoms with van der Waals surface area (Å²) in [6.07, 6.45) is 0. The zero-order valence-electron chi connectivity index (χ0n) is 10.6. The zero-order chi connectivity index (χ0) is 15.6. The van der Waals surface area contributed by atoms with Gasteiger partial charge in [0.1, 0.15) is 0 Å². The molecule has 10 heteroatoms. The number of ether oxygens (including phenoxy) is 1. The second-order valence-corrected chi connectivity index (χ2v) is 4.72. The first-order valence-corrected chi connectivity index (χ1v) is 6.30. The van der Waals surface area contributed by atoms with Gasteiger partial charge in [-0.1, -0.05) is 23.2 Å². The molecule has 21 heavy (non-hydrogen) atoms. The maximum Gasteiger partial charge on any atom is 0.313 e. The highest BCUT2D eigenvalue weighted by Gasteiger charge is 2.20. The van der Waals surface area contributed by atoms with Gasteiger partial charge in [0.05, 0.1) is 15.0 Å². The van der Waals surface area contributed by atoms with Crippen molar-refractivity contribution in [1.29, 1.82) is 0 Å². The molecule has 0 atom stereocenters. The molecular formula is C11H9Cl2N5O3. The third kappa shape index (κ3) is 3.48. The maximum absolute atomic E-state index is 11.0. The van der Waals surface area contributed by atoms with E-state index in [4.69, 9.17) is 33.8 Å². The molecule has 0 saturated heterocycles. The first-order valence-electron chi connectivity index (χ1n) is 5.54. The molecule has 3 N–H and O–H groups in total. The Balaban J connectivity index is 2.46. The van der Waals surface area contributed by atoms with Gasteiger partial charge < -0.3 is 4.74 Å². The van der Waals surface area contributed by atoms with Crippen LogP contribution in [0.4, 0.5) is 11.6 Å². The van der Waals surface area contributed by atoms with E-state index in [1.54, 1.807) is 6.92 Å². The van der Waals surface area contributed by atoms with Gasteiger partial charge in [0.15, 0.2) is 0 Å². The molecule has 1 heterocycles. The highest BCUT2D eigenvalue weighted by atomic mass is 35.5. The van der Waals surface area contributed by atoms with E-state index >= 15 is 0 Å². The van der Waals surface area contributed by atoms with Crippen molar-refractivity contribution in [3.05, 3.63) is 44.1 Å². The molecule has 0 unspecified atom stereocenters. The zero-order valence-corrected chi connectivity index (χ0v) is 12.1. The monoisotopic (exact) mass is 329 g/mol. The molecule has 0 spiro atoms. The van der Waals surface area contributed by atoms with E-state index in [2.05, 4.69) is 15.4 Å². The molecule has 0 radical (unpaired) electrons. The van der Waals surface area contributed by atoms with Gasteiger partial charge in [0.25, 0.3) is 0 Å². The number of hydrazine groups is 1. The van der Waals surface area contributed by atoms with Crippen LogP contribution in [-0.2, 0) is 0 Å². The highest BCUT2D eigenvalue weighted by molar-refractivity contribution is 6.42. The van der Waals surface area contributed by atoms with E-state index in [9.17, 15) is 10.1 Å². The largest absolute Gasteiger partial charge is 0.432 e. The Morgan fingerprint density at radius 3 is 2.57 bits per heavy atom. The summed E-state index contributed by atoms with van der Waals surface area (Å²) in [5.74, 6) is 5.34. The van der Waals surface area contributed by atoms with Gasteiger partial charge in [-0.15, -0.1) is 0 Å². The molecule has 1 aromatic heterocycles. The number of nitrogens with one attached hydrogen (secondary N) is 1. The van der Waals surface area contributed by atoms with Crippen LogP contribution in [0.3, 0.4) is 0 Å². The van der Waals surface area contributed by atoms with Crippen LogP contribution in [0, 0.1) is 17.0 Å². The van der Waals surface area contributed by atoms with E-state index in [1.807, 2.05) is 0 Å². The lowest BCUT2D eigenvalue weighted by atomic mass is 10.3. The first-order chi connectivity index (χ1) is 9.90. The minimum atomic E-state index is -0.631. The van der Waals surface area contributed by atoms with Crippen LogP contribution in [0.15, 0.2) is 18.2 Å². The van der Waals surface area contributed by atoms with Crippen LogP contribution in [0.5, 0.6) is 11.6 Å². The van der Waals surface area contributed by atoms with Gasteiger partial charge in [-0.2, -0.15) is 4.98 Å². The van der Waals surface area contributed by atoms with E-state index < -0.39 is 4.92 Å². The average molecular weight is 330 g/mol. The van der Waals surface area contributed by atoms with Crippen molar-refractivity contribution >= 4 is 34.8 Å². The number of benzene rings is 1. The fourth-order valence-corrected chi connectivity index (χ4v) is 1.82. The fraction of sp³-hybridized carbons (Fsp3) is 0.0909. The van der Waals surface area contributed by atoms with E-state index in [0.717, 1.165) is 6.07 Å². The van der Waals surface area contributed by atoms with Crippen molar-refractivity contribution < 1.29 is 9.66 Å². The SMILES string of the molecule is Cc1cc(Oc2cc(Cl)c(Cl)cc2[N+](=O)[O-])nc(NN)n1. The number of nitro benzene ring substituents is 1. The van der Waals surface area contributed by atoms with Crippen molar-refractivity contribution in [2.75, 3.05) is 5.43 Å². The summed E-state index contributed by atoms with van der Waals surface area (Å²) in [7, 11) is 0. The molecule has 110 valence electrons. The molecule has 0 aliphatic heterocycles. The van der Waals surface area contributed by atoms with Gasteiger partial charge in [-0.3, -0.25) is 15.5 Å². The van der Waals surface area contributed by atoms with E-state index in [-0.39, 0.29) is 33.3 Å². The van der Waals surface area contributed by atoms with Gasteiger partial charge in [0, 0.05) is 23.9 Å². The van der Waals surface area contributed by atoms with Gasteiger partial charge in [-0.05, 0) is 6.92 Å². The molecule has 0 amide bonds. The number of nitro groups is 1. The Kier molecular flexibility index (Phi) is 4.41. The molecule has 8 nitrogen and oxygen atoms in total. The summed E-state index contributed by atoms with van der Waals surface area (Å²) in [6.45, 7) is 1.69. The Morgan fingerprint density at radius 1 is 1.29 bits per heavy atom. The molecular weight excluding hydrogens is 321 g/mol. The molecule has 0 bridgehead atoms. The third-order valence-corrected chi connectivity index (χ3v) is 3.10. The standard InChI is InChI=1S/C11H9Cl2N5O3/c1-5-2-10(16-11(15-5)17-14)21-9-4-7(13)6(12)3-8(9)18(19)20/h2-4H,14H2,1H3,(H,15,16,17). The lowest BCUT2D eigenvalue weighted by Crippen LogP contribution is -2.11. The minimum absolute atomic E-state index is 0.0545. The molecule has 0 aliphatic carbocycles. The second kappa shape index (κ2) is 6.08. The number of hydrogen-bond acceptors (Lipinski definition) is 7. The number of halogens is 2. The smallest absolute Gasteiger partial charge is 0.313 e. The van der Waals surface area contributed by atoms with Crippen molar-refractivity contribution in [3.63, 3.8) is 0 Å². The number of nitrogens with zero attached hydrogens (tertiary/aromatic N) is 3. The summed E-state index contributed by atoms with van der Waals surface area (Å²) < 4.78 is 5.40. The Labute approximate surface area is 129 Å². The molecule has 0 aliphatic rings. The van der Waals surface area contributed by atoms with Gasteiger partial charge in [0.2, 0.25) is 17.6 Å². The number of anilines is 1. The molecule has 1 aromatic carbocycles. The number of rotatable bonds is 4. The number of nitrogens with two attached hydrogens (primary N) is 1. The van der Waals surface area contributed by atoms with Crippen LogP contribution in [0.2, 0.25) is 10.0 Å². The highest BCUT2D eigenvalue weighted by Crippen LogP contribution is 2.37. The Morgan fingerprint density at radius 2 is 1.95 bits per heavy atom. The van der Waals surface area contributed by atoms with E-state index in [1.165, 1.54) is 12.1 Å². The maximum atomic E-state index is 11.0. The minimum Gasteiger partial charge on any atom is -0.432 e. The number of aromatic nitrogens is 2. The van der Waals surface area contributed by atoms with Crippen LogP contribution in [0.25, 0.3) is 0 Å². The quantitative estimate of drug-likeness (QED) is 0.502. The van der Waals surface area contributed by atoms with Crippen LogP contribution in [-0.4, -0.2) is 14.9 Å². The van der Waals surface area contributed by atoms with Crippen LogP contribution >= 0.6 is 23.2 Å². The van der Waals surface area contributed by atoms with Crippen molar-refractivity contribution in [3.8, 4) is 11.6 Å². The van der Waals surface area contributed by atoms with Gasteiger partial charge >= 0.3 is 5.69 Å². The summed E-state index contributed by atoms with van der Waals surface area (Å²) in [4.78, 5) is 18.3. The third-order valence-electron chi connectivity index (χ3n) is 2.37. The summed E-state index contributed by atoms with van der Waals surface area (Å²) in [5, 5.41) is 11.2. The normalized spacial score (nSPS) is 10.3. The van der Waals surface area contributed by atoms with Crippen molar-refractivity contribution in [1.82, 2.24) is 9.97 Å². The lowest BCUT2D eigenvalue weighted by molar-refractivity contribution is -0.385. The summed E-state index contributed by atoms with van der Waals surface area (Å²) in [6, 6.07) is 3.84. The van der Waals surface area contributed by atoms with E-state index in [0.29, 0.717) is 5.69 Å².